The zero-order valence-electron chi connectivity index (χ0n) is 27.1. The molecule has 0 bridgehead atoms. The van der Waals surface area contributed by atoms with Gasteiger partial charge in [0.15, 0.2) is 0 Å². The van der Waals surface area contributed by atoms with Crippen LogP contribution in [0.25, 0.3) is 10.9 Å². The zero-order chi connectivity index (χ0) is 35.5. The van der Waals surface area contributed by atoms with Crippen molar-refractivity contribution in [3.8, 4) is 0 Å². The number of rotatable bonds is 17. The fourth-order valence-electron chi connectivity index (χ4n) is 5.42. The molecule has 3 rings (SSSR count). The second-order valence-corrected chi connectivity index (χ2v) is 11.8. The third-order valence-electron chi connectivity index (χ3n) is 8.04. The molecule has 0 aliphatic rings. The molecular formula is C33H43ClN8O6. The number of para-hydroxylation sites is 2. The van der Waals surface area contributed by atoms with Crippen LogP contribution in [0.4, 0.5) is 10.5 Å². The van der Waals surface area contributed by atoms with E-state index in [4.69, 9.17) is 28.8 Å². The fourth-order valence-corrected chi connectivity index (χ4v) is 5.85. The summed E-state index contributed by atoms with van der Waals surface area (Å²) in [5, 5.41) is 4.84. The first-order valence-corrected chi connectivity index (χ1v) is 16.1. The molecule has 3 aromatic rings. The minimum atomic E-state index is -1.50. The third kappa shape index (κ3) is 9.03. The smallest absolute Gasteiger partial charge is 0.315 e. The van der Waals surface area contributed by atoms with E-state index in [2.05, 4.69) is 15.6 Å². The lowest BCUT2D eigenvalue weighted by atomic mass is 10.0. The molecule has 0 saturated heterocycles. The van der Waals surface area contributed by atoms with Gasteiger partial charge in [-0.25, -0.2) is 4.79 Å². The number of alkyl halides is 1. The summed E-state index contributed by atoms with van der Waals surface area (Å²) >= 11 is 6.92. The van der Waals surface area contributed by atoms with Gasteiger partial charge in [-0.2, -0.15) is 0 Å². The number of benzene rings is 2. The van der Waals surface area contributed by atoms with Crippen molar-refractivity contribution in [3.05, 3.63) is 66.4 Å². The summed E-state index contributed by atoms with van der Waals surface area (Å²) in [7, 11) is 0. The lowest BCUT2D eigenvalue weighted by Crippen LogP contribution is -2.59. The number of primary amides is 3. The molecule has 2 aromatic carbocycles. The number of nitrogens with zero attached hydrogens (tertiary/aromatic N) is 2. The zero-order valence-corrected chi connectivity index (χ0v) is 27.9. The first-order chi connectivity index (χ1) is 22.8. The molecule has 0 fully saturated rings. The number of carbonyl (C=O) groups excluding carboxylic acids is 6. The summed E-state index contributed by atoms with van der Waals surface area (Å²) in [6.07, 6.45) is 2.36. The number of amides is 7. The predicted molar refractivity (Wildman–Crippen MR) is 182 cm³/mol. The highest BCUT2D eigenvalue weighted by Crippen LogP contribution is 2.33. The van der Waals surface area contributed by atoms with E-state index >= 15 is 0 Å². The van der Waals surface area contributed by atoms with Gasteiger partial charge in [0.05, 0.1) is 11.8 Å². The Hall–Kier alpha value is -5.11. The van der Waals surface area contributed by atoms with Gasteiger partial charge in [-0.15, -0.1) is 11.6 Å². The fraction of sp³-hybridized carbons (Fsp3) is 0.394. The molecule has 14 nitrogen and oxygen atoms in total. The van der Waals surface area contributed by atoms with Gasteiger partial charge >= 0.3 is 6.03 Å². The summed E-state index contributed by atoms with van der Waals surface area (Å²) in [5.41, 5.74) is 18.4. The number of aromatic amines is 1. The molecule has 9 N–H and O–H groups in total. The third-order valence-corrected chi connectivity index (χ3v) is 8.52. The molecule has 1 heterocycles. The SMILES string of the molecule is CCCC[C@H](NC(=O)[C@H](C(Cl)c1c[nH]c2ccccc12)N(CC)C(N)=O)C(=O)N[C@@H](CC(=O)N(c1ccccc1)[C@@H](C)C(N)=O)C(N)=O. The molecular weight excluding hydrogens is 640 g/mol. The van der Waals surface area contributed by atoms with Gasteiger partial charge in [0.2, 0.25) is 29.5 Å². The van der Waals surface area contributed by atoms with Crippen molar-refractivity contribution in [1.29, 1.82) is 0 Å². The van der Waals surface area contributed by atoms with Crippen LogP contribution >= 0.6 is 11.6 Å². The molecule has 0 saturated carbocycles. The van der Waals surface area contributed by atoms with Crippen molar-refractivity contribution in [2.75, 3.05) is 11.4 Å². The quantitative estimate of drug-likeness (QED) is 0.117. The van der Waals surface area contributed by atoms with Gasteiger partial charge in [-0.1, -0.05) is 56.2 Å². The van der Waals surface area contributed by atoms with Crippen LogP contribution in [0.5, 0.6) is 0 Å². The van der Waals surface area contributed by atoms with Crippen LogP contribution in [0.1, 0.15) is 57.4 Å². The highest BCUT2D eigenvalue weighted by atomic mass is 35.5. The highest BCUT2D eigenvalue weighted by Gasteiger charge is 2.39. The molecule has 0 spiro atoms. The van der Waals surface area contributed by atoms with Gasteiger partial charge in [0.25, 0.3) is 0 Å². The number of urea groups is 1. The normalized spacial score (nSPS) is 14.2. The van der Waals surface area contributed by atoms with Crippen LogP contribution in [-0.4, -0.2) is 76.2 Å². The molecule has 5 atom stereocenters. The Balaban J connectivity index is 1.88. The number of carbonyl (C=O) groups is 6. The van der Waals surface area contributed by atoms with E-state index in [1.807, 2.05) is 31.2 Å². The van der Waals surface area contributed by atoms with E-state index in [9.17, 15) is 28.8 Å². The summed E-state index contributed by atoms with van der Waals surface area (Å²) in [5.74, 6) is -4.04. The van der Waals surface area contributed by atoms with Crippen molar-refractivity contribution < 1.29 is 28.8 Å². The van der Waals surface area contributed by atoms with E-state index in [1.54, 1.807) is 43.5 Å². The van der Waals surface area contributed by atoms with Crippen LogP contribution < -0.4 is 32.7 Å². The Bertz CT molecular complexity index is 1620. The monoisotopic (exact) mass is 682 g/mol. The topological polar surface area (TPSA) is 227 Å². The summed E-state index contributed by atoms with van der Waals surface area (Å²) in [6.45, 7) is 5.00. The molecule has 1 unspecified atom stereocenters. The van der Waals surface area contributed by atoms with Gasteiger partial charge in [-0.3, -0.25) is 24.0 Å². The lowest BCUT2D eigenvalue weighted by Gasteiger charge is -2.33. The molecule has 7 amide bonds. The van der Waals surface area contributed by atoms with Crippen LogP contribution in [0, 0.1) is 0 Å². The van der Waals surface area contributed by atoms with Gasteiger partial charge in [-0.05, 0) is 44.0 Å². The Morgan fingerprint density at radius 2 is 1.48 bits per heavy atom. The average Bonchev–Trinajstić information content (AvgIpc) is 3.49. The average molecular weight is 683 g/mol. The van der Waals surface area contributed by atoms with Crippen LogP contribution in [0.3, 0.4) is 0 Å². The largest absolute Gasteiger partial charge is 0.368 e. The maximum absolute atomic E-state index is 13.9. The predicted octanol–water partition coefficient (Wildman–Crippen LogP) is 2.16. The maximum atomic E-state index is 13.9. The Labute approximate surface area is 283 Å². The Morgan fingerprint density at radius 1 is 0.854 bits per heavy atom. The van der Waals surface area contributed by atoms with E-state index < -0.39 is 71.5 Å². The Kier molecular flexibility index (Phi) is 13.4. The number of aromatic nitrogens is 1. The van der Waals surface area contributed by atoms with Crippen molar-refractivity contribution in [2.45, 2.75) is 76.0 Å². The summed E-state index contributed by atoms with van der Waals surface area (Å²) < 4.78 is 0. The number of anilines is 1. The molecule has 15 heteroatoms. The number of nitrogens with two attached hydrogens (primary N) is 3. The first-order valence-electron chi connectivity index (χ1n) is 15.6. The van der Waals surface area contributed by atoms with Crippen molar-refractivity contribution in [2.24, 2.45) is 17.2 Å². The number of H-pyrrole nitrogens is 1. The van der Waals surface area contributed by atoms with Crippen LogP contribution in [-0.2, 0) is 24.0 Å². The number of unbranched alkanes of at least 4 members (excludes halogenated alkanes) is 1. The van der Waals surface area contributed by atoms with Crippen molar-refractivity contribution in [1.82, 2.24) is 20.5 Å². The number of nitrogens with one attached hydrogen (secondary N) is 3. The molecule has 258 valence electrons. The second-order valence-electron chi connectivity index (χ2n) is 11.3. The number of hydrogen-bond acceptors (Lipinski definition) is 6. The van der Waals surface area contributed by atoms with Crippen LogP contribution in [0.2, 0.25) is 0 Å². The van der Waals surface area contributed by atoms with Crippen molar-refractivity contribution >= 4 is 63.8 Å². The molecule has 48 heavy (non-hydrogen) atoms. The van der Waals surface area contributed by atoms with E-state index in [0.717, 1.165) is 20.7 Å². The lowest BCUT2D eigenvalue weighted by molar-refractivity contribution is -0.134. The first kappa shape index (κ1) is 37.3. The van der Waals surface area contributed by atoms with E-state index in [-0.39, 0.29) is 13.0 Å². The Morgan fingerprint density at radius 3 is 2.06 bits per heavy atom. The minimum Gasteiger partial charge on any atom is -0.368 e. The number of hydrogen-bond donors (Lipinski definition) is 6. The number of halogens is 1. The van der Waals surface area contributed by atoms with Gasteiger partial charge < -0.3 is 42.6 Å². The maximum Gasteiger partial charge on any atom is 0.315 e. The van der Waals surface area contributed by atoms with E-state index in [1.165, 1.54) is 6.92 Å². The molecule has 0 aliphatic heterocycles. The highest BCUT2D eigenvalue weighted by molar-refractivity contribution is 6.24. The van der Waals surface area contributed by atoms with Gasteiger partial charge in [0.1, 0.15) is 24.2 Å². The minimum absolute atomic E-state index is 0.0400. The number of likely N-dealkylation sites (N-methyl/N-ethyl adjacent to an activating group) is 1. The standard InChI is InChI=1S/C33H43ClN8O6/c1-4-6-15-24(31(46)40-25(30(36)45)17-26(43)42(19(3)29(35)44)20-12-8-7-9-13-20)39-32(47)28(41(5-2)33(37)48)27(34)22-18-38-23-16-11-10-14-21(22)23/h7-14,16,18-19,24-25,27-28,38H,4-6,15,17H2,1-3H3,(H2,35,44)(H2,36,45)(H2,37,48)(H,39,47)(H,40,46)/t19-,24-,25-,27?,28-/m0/s1. The number of fused-ring (bicyclic) bond motifs is 1. The summed E-state index contributed by atoms with van der Waals surface area (Å²) in [4.78, 5) is 83.4. The van der Waals surface area contributed by atoms with Crippen LogP contribution in [0.15, 0.2) is 60.8 Å². The van der Waals surface area contributed by atoms with Gasteiger partial charge in [0, 0.05) is 29.3 Å². The summed E-state index contributed by atoms with van der Waals surface area (Å²) in [6, 6.07) is 9.52. The van der Waals surface area contributed by atoms with Crippen molar-refractivity contribution in [3.63, 3.8) is 0 Å². The molecule has 1 aromatic heterocycles. The van der Waals surface area contributed by atoms with E-state index in [0.29, 0.717) is 24.1 Å². The second kappa shape index (κ2) is 17.2. The molecule has 0 aliphatic carbocycles. The molecule has 0 radical (unpaired) electrons.